The third-order valence-electron chi connectivity index (χ3n) is 5.42. The van der Waals surface area contributed by atoms with Gasteiger partial charge in [-0.1, -0.05) is 24.3 Å². The van der Waals surface area contributed by atoms with E-state index in [0.717, 1.165) is 16.9 Å². The minimum absolute atomic E-state index is 0.220. The van der Waals surface area contributed by atoms with Gasteiger partial charge in [0.15, 0.2) is 11.5 Å². The SMILES string of the molecule is OC[C@H]1C[C@@H](Oc2ccccc2Cc2ccc3c(c2)OCO3)[C@H](O)[C@@H](O)[C@@H]1O. The van der Waals surface area contributed by atoms with E-state index in [0.29, 0.717) is 17.9 Å². The molecule has 1 aliphatic heterocycles. The topological polar surface area (TPSA) is 109 Å². The molecule has 5 atom stereocenters. The Bertz CT molecular complexity index is 822. The summed E-state index contributed by atoms with van der Waals surface area (Å²) in [5, 5.41) is 39.8. The fraction of sp³-hybridized carbons (Fsp3) is 0.429. The van der Waals surface area contributed by atoms with Gasteiger partial charge >= 0.3 is 0 Å². The van der Waals surface area contributed by atoms with Gasteiger partial charge in [-0.3, -0.25) is 0 Å². The zero-order valence-corrected chi connectivity index (χ0v) is 15.3. The van der Waals surface area contributed by atoms with Crippen LogP contribution in [-0.2, 0) is 6.42 Å². The fourth-order valence-electron chi connectivity index (χ4n) is 3.78. The molecule has 2 aromatic carbocycles. The van der Waals surface area contributed by atoms with E-state index in [2.05, 4.69) is 0 Å². The van der Waals surface area contributed by atoms with Crippen molar-refractivity contribution in [3.8, 4) is 17.2 Å². The first-order valence-electron chi connectivity index (χ1n) is 9.35. The van der Waals surface area contributed by atoms with Crippen LogP contribution in [0.3, 0.4) is 0 Å². The molecule has 2 aliphatic rings. The van der Waals surface area contributed by atoms with E-state index >= 15 is 0 Å². The minimum atomic E-state index is -1.36. The molecule has 1 aliphatic carbocycles. The molecule has 0 bridgehead atoms. The summed E-state index contributed by atoms with van der Waals surface area (Å²) in [6.45, 7) is -0.0676. The molecule has 0 saturated heterocycles. The molecule has 0 unspecified atom stereocenters. The van der Waals surface area contributed by atoms with Crippen LogP contribution in [0.1, 0.15) is 17.5 Å². The van der Waals surface area contributed by atoms with Crippen LogP contribution in [0, 0.1) is 5.92 Å². The van der Waals surface area contributed by atoms with Crippen LogP contribution in [0.25, 0.3) is 0 Å². The minimum Gasteiger partial charge on any atom is -0.487 e. The third kappa shape index (κ3) is 3.66. The zero-order chi connectivity index (χ0) is 19.7. The molecule has 1 saturated carbocycles. The van der Waals surface area contributed by atoms with Gasteiger partial charge in [0.1, 0.15) is 24.1 Å². The zero-order valence-electron chi connectivity index (χ0n) is 15.3. The van der Waals surface area contributed by atoms with E-state index in [4.69, 9.17) is 14.2 Å². The molecule has 0 spiro atoms. The van der Waals surface area contributed by atoms with Crippen LogP contribution in [0.15, 0.2) is 42.5 Å². The Balaban J connectivity index is 1.53. The summed E-state index contributed by atoms with van der Waals surface area (Å²) in [5.41, 5.74) is 1.93. The highest BCUT2D eigenvalue weighted by Crippen LogP contribution is 2.35. The van der Waals surface area contributed by atoms with Crippen LogP contribution < -0.4 is 14.2 Å². The maximum atomic E-state index is 10.3. The number of para-hydroxylation sites is 1. The summed E-state index contributed by atoms with van der Waals surface area (Å²) in [6.07, 6.45) is -3.68. The molecule has 4 rings (SSSR count). The molecular weight excluding hydrogens is 364 g/mol. The summed E-state index contributed by atoms with van der Waals surface area (Å²) in [7, 11) is 0. The summed E-state index contributed by atoms with van der Waals surface area (Å²) in [6, 6.07) is 13.2. The first-order chi connectivity index (χ1) is 13.6. The van der Waals surface area contributed by atoms with Gasteiger partial charge < -0.3 is 34.6 Å². The van der Waals surface area contributed by atoms with Gasteiger partial charge in [-0.25, -0.2) is 0 Å². The van der Waals surface area contributed by atoms with Crippen molar-refractivity contribution in [2.45, 2.75) is 37.3 Å². The third-order valence-corrected chi connectivity index (χ3v) is 5.42. The van der Waals surface area contributed by atoms with Crippen molar-refractivity contribution in [2.24, 2.45) is 5.92 Å². The Kier molecular flexibility index (Phi) is 5.41. The Morgan fingerprint density at radius 1 is 0.929 bits per heavy atom. The van der Waals surface area contributed by atoms with E-state index in [1.165, 1.54) is 0 Å². The molecule has 4 N–H and O–H groups in total. The predicted octanol–water partition coefficient (Wildman–Crippen LogP) is 0.848. The maximum absolute atomic E-state index is 10.3. The van der Waals surface area contributed by atoms with Gasteiger partial charge in [0.05, 0.1) is 6.10 Å². The van der Waals surface area contributed by atoms with E-state index in [1.807, 2.05) is 36.4 Å². The Hall–Kier alpha value is -2.32. The monoisotopic (exact) mass is 388 g/mol. The highest BCUT2D eigenvalue weighted by Gasteiger charge is 2.43. The number of rotatable bonds is 5. The van der Waals surface area contributed by atoms with E-state index in [9.17, 15) is 20.4 Å². The molecule has 1 heterocycles. The van der Waals surface area contributed by atoms with Crippen molar-refractivity contribution in [3.05, 3.63) is 53.6 Å². The van der Waals surface area contributed by atoms with Crippen molar-refractivity contribution >= 4 is 0 Å². The molecule has 1 fully saturated rings. The average Bonchev–Trinajstić information content (AvgIpc) is 3.17. The van der Waals surface area contributed by atoms with Crippen molar-refractivity contribution in [2.75, 3.05) is 13.4 Å². The van der Waals surface area contributed by atoms with Gasteiger partial charge in [-0.05, 0) is 35.7 Å². The quantitative estimate of drug-likeness (QED) is 0.601. The highest BCUT2D eigenvalue weighted by molar-refractivity contribution is 5.47. The van der Waals surface area contributed by atoms with Crippen LogP contribution in [0.4, 0.5) is 0 Å². The first kappa shape index (κ1) is 19.0. The molecule has 28 heavy (non-hydrogen) atoms. The van der Waals surface area contributed by atoms with Crippen molar-refractivity contribution < 1.29 is 34.6 Å². The lowest BCUT2D eigenvalue weighted by Crippen LogP contribution is -2.56. The standard InChI is InChI=1S/C21H24O7/c22-10-14-9-18(20(24)21(25)19(14)23)28-15-4-2-1-3-13(15)7-12-5-6-16-17(8-12)27-11-26-16/h1-6,8,14,18-25H,7,9-11H2/t14-,18-,19-,20+,21+/m1/s1. The number of fused-ring (bicyclic) bond motifs is 1. The summed E-state index contributed by atoms with van der Waals surface area (Å²) in [4.78, 5) is 0. The molecule has 0 amide bonds. The molecule has 150 valence electrons. The van der Waals surface area contributed by atoms with Gasteiger partial charge in [-0.15, -0.1) is 0 Å². The number of hydrogen-bond acceptors (Lipinski definition) is 7. The smallest absolute Gasteiger partial charge is 0.231 e. The van der Waals surface area contributed by atoms with Crippen LogP contribution in [0.5, 0.6) is 17.2 Å². The largest absolute Gasteiger partial charge is 0.487 e. The lowest BCUT2D eigenvalue weighted by molar-refractivity contribution is -0.157. The number of ether oxygens (including phenoxy) is 3. The average molecular weight is 388 g/mol. The molecular formula is C21H24O7. The molecule has 0 radical (unpaired) electrons. The summed E-state index contributed by atoms with van der Waals surface area (Å²) < 4.78 is 16.8. The maximum Gasteiger partial charge on any atom is 0.231 e. The van der Waals surface area contributed by atoms with Gasteiger partial charge in [0, 0.05) is 18.9 Å². The molecule has 2 aromatic rings. The second-order valence-corrected chi connectivity index (χ2v) is 7.28. The van der Waals surface area contributed by atoms with Crippen molar-refractivity contribution in [1.82, 2.24) is 0 Å². The lowest BCUT2D eigenvalue weighted by Gasteiger charge is -2.39. The Morgan fingerprint density at radius 2 is 1.71 bits per heavy atom. The molecule has 0 aromatic heterocycles. The number of aliphatic hydroxyl groups is 4. The van der Waals surface area contributed by atoms with Crippen molar-refractivity contribution in [1.29, 1.82) is 0 Å². The lowest BCUT2D eigenvalue weighted by atomic mass is 9.81. The Labute approximate surface area is 162 Å². The van der Waals surface area contributed by atoms with E-state index in [-0.39, 0.29) is 19.8 Å². The summed E-state index contributed by atoms with van der Waals surface area (Å²) in [5.74, 6) is 1.47. The fourth-order valence-corrected chi connectivity index (χ4v) is 3.78. The summed E-state index contributed by atoms with van der Waals surface area (Å²) >= 11 is 0. The van der Waals surface area contributed by atoms with Gasteiger partial charge in [-0.2, -0.15) is 0 Å². The second-order valence-electron chi connectivity index (χ2n) is 7.28. The van der Waals surface area contributed by atoms with Gasteiger partial charge in [0.25, 0.3) is 0 Å². The number of benzene rings is 2. The van der Waals surface area contributed by atoms with Gasteiger partial charge in [0.2, 0.25) is 6.79 Å². The first-order valence-corrected chi connectivity index (χ1v) is 9.35. The molecule has 7 heteroatoms. The normalized spacial score (nSPS) is 28.9. The Morgan fingerprint density at radius 3 is 2.54 bits per heavy atom. The number of hydrogen-bond donors (Lipinski definition) is 4. The second kappa shape index (κ2) is 7.97. The van der Waals surface area contributed by atoms with E-state index in [1.54, 1.807) is 6.07 Å². The van der Waals surface area contributed by atoms with Crippen LogP contribution in [-0.4, -0.2) is 58.2 Å². The van der Waals surface area contributed by atoms with E-state index < -0.39 is 30.3 Å². The van der Waals surface area contributed by atoms with Crippen molar-refractivity contribution in [3.63, 3.8) is 0 Å². The van der Waals surface area contributed by atoms with Crippen LogP contribution >= 0.6 is 0 Å². The molecule has 7 nitrogen and oxygen atoms in total. The van der Waals surface area contributed by atoms with Crippen LogP contribution in [0.2, 0.25) is 0 Å². The predicted molar refractivity (Wildman–Crippen MR) is 99.4 cm³/mol. The highest BCUT2D eigenvalue weighted by atomic mass is 16.7. The number of aliphatic hydroxyl groups excluding tert-OH is 4.